The van der Waals surface area contributed by atoms with Gasteiger partial charge in [0.15, 0.2) is 16.7 Å². The van der Waals surface area contributed by atoms with Gasteiger partial charge in [-0.05, 0) is 55.4 Å². The van der Waals surface area contributed by atoms with E-state index in [2.05, 4.69) is 16.7 Å². The Balaban J connectivity index is 1.76. The number of ether oxygens (including phenoxy) is 1. The Morgan fingerprint density at radius 3 is 2.73 bits per heavy atom. The summed E-state index contributed by atoms with van der Waals surface area (Å²) < 4.78 is 18.7. The van der Waals surface area contributed by atoms with E-state index in [-0.39, 0.29) is 11.6 Å². The molecule has 0 bridgehead atoms. The maximum atomic E-state index is 13.4. The van der Waals surface area contributed by atoms with Gasteiger partial charge < -0.3 is 15.4 Å². The summed E-state index contributed by atoms with van der Waals surface area (Å²) in [6, 6.07) is 12.5. The molecule has 0 amide bonds. The molecular weight excluding hydrogens is 299 g/mol. The molecule has 0 aliphatic rings. The predicted octanol–water partition coefficient (Wildman–Crippen LogP) is 3.81. The van der Waals surface area contributed by atoms with Crippen molar-refractivity contribution in [1.29, 1.82) is 0 Å². The molecule has 3 nitrogen and oxygen atoms in total. The molecule has 2 N–H and O–H groups in total. The van der Waals surface area contributed by atoms with Crippen molar-refractivity contribution >= 4 is 23.0 Å². The van der Waals surface area contributed by atoms with Crippen LogP contribution < -0.4 is 15.4 Å². The van der Waals surface area contributed by atoms with Gasteiger partial charge in [0.05, 0.1) is 6.54 Å². The van der Waals surface area contributed by atoms with Crippen molar-refractivity contribution in [3.8, 4) is 5.75 Å². The van der Waals surface area contributed by atoms with E-state index in [9.17, 15) is 4.39 Å². The van der Waals surface area contributed by atoms with Crippen LogP contribution in [-0.4, -0.2) is 18.3 Å². The summed E-state index contributed by atoms with van der Waals surface area (Å²) in [5, 5.41) is 6.71. The third kappa shape index (κ3) is 4.70. The van der Waals surface area contributed by atoms with Gasteiger partial charge in [-0.15, -0.1) is 0 Å². The Labute approximate surface area is 135 Å². The number of hydrogen-bond donors (Lipinski definition) is 2. The van der Waals surface area contributed by atoms with Crippen LogP contribution in [0.5, 0.6) is 5.75 Å². The van der Waals surface area contributed by atoms with Crippen molar-refractivity contribution < 1.29 is 9.13 Å². The standard InChI is InChI=1S/C17H19FN2OS/c1-12-7-8-13(2)15(11-12)20-17(22)19-9-10-21-16-6-4-3-5-14(16)18/h3-8,11H,9-10H2,1-2H3,(H2,19,20,22). The molecule has 0 saturated heterocycles. The summed E-state index contributed by atoms with van der Waals surface area (Å²) in [7, 11) is 0. The number of nitrogens with one attached hydrogen (secondary N) is 2. The normalized spacial score (nSPS) is 10.1. The molecule has 0 heterocycles. The van der Waals surface area contributed by atoms with Crippen molar-refractivity contribution in [3.63, 3.8) is 0 Å². The van der Waals surface area contributed by atoms with Gasteiger partial charge in [-0.3, -0.25) is 0 Å². The summed E-state index contributed by atoms with van der Waals surface area (Å²) in [5.74, 6) is -0.115. The molecule has 0 unspecified atom stereocenters. The number of halogens is 1. The van der Waals surface area contributed by atoms with E-state index in [1.165, 1.54) is 11.6 Å². The molecule has 2 rings (SSSR count). The van der Waals surface area contributed by atoms with Crippen LogP contribution in [0.4, 0.5) is 10.1 Å². The molecule has 0 aliphatic carbocycles. The minimum atomic E-state index is -0.362. The highest BCUT2D eigenvalue weighted by atomic mass is 32.1. The Morgan fingerprint density at radius 2 is 1.95 bits per heavy atom. The van der Waals surface area contributed by atoms with Gasteiger partial charge in [0.25, 0.3) is 0 Å². The van der Waals surface area contributed by atoms with E-state index in [1.54, 1.807) is 18.2 Å². The molecule has 0 saturated carbocycles. The molecule has 0 aromatic heterocycles. The van der Waals surface area contributed by atoms with Gasteiger partial charge in [-0.2, -0.15) is 0 Å². The number of aryl methyl sites for hydroxylation is 2. The summed E-state index contributed by atoms with van der Waals surface area (Å²) in [5.41, 5.74) is 3.27. The molecular formula is C17H19FN2OS. The molecule has 2 aromatic rings. The Hall–Kier alpha value is -2.14. The lowest BCUT2D eigenvalue weighted by Crippen LogP contribution is -2.32. The average molecular weight is 318 g/mol. The Bertz CT molecular complexity index is 661. The Morgan fingerprint density at radius 1 is 1.18 bits per heavy atom. The van der Waals surface area contributed by atoms with Crippen molar-refractivity contribution in [2.24, 2.45) is 0 Å². The summed E-state index contributed by atoms with van der Waals surface area (Å²) in [6.07, 6.45) is 0. The van der Waals surface area contributed by atoms with Gasteiger partial charge in [-0.1, -0.05) is 24.3 Å². The van der Waals surface area contributed by atoms with Crippen molar-refractivity contribution in [2.45, 2.75) is 13.8 Å². The highest BCUT2D eigenvalue weighted by Gasteiger charge is 2.03. The maximum absolute atomic E-state index is 13.4. The fraction of sp³-hybridized carbons (Fsp3) is 0.235. The molecule has 0 atom stereocenters. The van der Waals surface area contributed by atoms with Crippen LogP contribution in [0, 0.1) is 19.7 Å². The molecule has 2 aromatic carbocycles. The topological polar surface area (TPSA) is 33.3 Å². The number of hydrogen-bond acceptors (Lipinski definition) is 2. The first kappa shape index (κ1) is 16.2. The van der Waals surface area contributed by atoms with Crippen molar-refractivity contribution in [1.82, 2.24) is 5.32 Å². The maximum Gasteiger partial charge on any atom is 0.170 e. The number of benzene rings is 2. The number of para-hydroxylation sites is 1. The Kier molecular flexibility index (Phi) is 5.72. The smallest absolute Gasteiger partial charge is 0.170 e. The van der Waals surface area contributed by atoms with E-state index < -0.39 is 0 Å². The summed E-state index contributed by atoms with van der Waals surface area (Å²) >= 11 is 5.24. The monoisotopic (exact) mass is 318 g/mol. The lowest BCUT2D eigenvalue weighted by atomic mass is 10.1. The van der Waals surface area contributed by atoms with Gasteiger partial charge in [0, 0.05) is 5.69 Å². The van der Waals surface area contributed by atoms with Gasteiger partial charge in [-0.25, -0.2) is 4.39 Å². The first-order valence-corrected chi connectivity index (χ1v) is 7.46. The van der Waals surface area contributed by atoms with Crippen LogP contribution in [0.15, 0.2) is 42.5 Å². The summed E-state index contributed by atoms with van der Waals surface area (Å²) in [4.78, 5) is 0. The summed E-state index contributed by atoms with van der Waals surface area (Å²) in [6.45, 7) is 4.87. The molecule has 116 valence electrons. The zero-order chi connectivity index (χ0) is 15.9. The zero-order valence-corrected chi connectivity index (χ0v) is 13.5. The lowest BCUT2D eigenvalue weighted by Gasteiger charge is -2.13. The lowest BCUT2D eigenvalue weighted by molar-refractivity contribution is 0.306. The SMILES string of the molecule is Cc1ccc(C)c(NC(=S)NCCOc2ccccc2F)c1. The van der Waals surface area contributed by atoms with Crippen molar-refractivity contribution in [2.75, 3.05) is 18.5 Å². The van der Waals surface area contributed by atoms with Gasteiger partial charge in [0.1, 0.15) is 6.61 Å². The van der Waals surface area contributed by atoms with Crippen LogP contribution in [0.25, 0.3) is 0 Å². The first-order chi connectivity index (χ1) is 10.6. The van der Waals surface area contributed by atoms with Gasteiger partial charge in [0.2, 0.25) is 0 Å². The molecule has 0 radical (unpaired) electrons. The molecule has 22 heavy (non-hydrogen) atoms. The fourth-order valence-corrected chi connectivity index (χ4v) is 2.14. The number of rotatable bonds is 5. The number of anilines is 1. The second-order valence-corrected chi connectivity index (χ2v) is 5.39. The van der Waals surface area contributed by atoms with Crippen LogP contribution in [-0.2, 0) is 0 Å². The zero-order valence-electron chi connectivity index (χ0n) is 12.7. The minimum absolute atomic E-state index is 0.248. The number of thiocarbonyl (C=S) groups is 1. The first-order valence-electron chi connectivity index (χ1n) is 7.05. The van der Waals surface area contributed by atoms with Crippen LogP contribution in [0.2, 0.25) is 0 Å². The fourth-order valence-electron chi connectivity index (χ4n) is 1.92. The quantitative estimate of drug-likeness (QED) is 0.649. The van der Waals surface area contributed by atoms with Crippen LogP contribution >= 0.6 is 12.2 Å². The van der Waals surface area contributed by atoms with E-state index >= 15 is 0 Å². The second-order valence-electron chi connectivity index (χ2n) is 4.98. The average Bonchev–Trinajstić information content (AvgIpc) is 2.49. The van der Waals surface area contributed by atoms with E-state index in [1.807, 2.05) is 26.0 Å². The third-order valence-corrected chi connectivity index (χ3v) is 3.37. The van der Waals surface area contributed by atoms with E-state index in [0.717, 1.165) is 11.3 Å². The minimum Gasteiger partial charge on any atom is -0.489 e. The van der Waals surface area contributed by atoms with Crippen molar-refractivity contribution in [3.05, 3.63) is 59.4 Å². The third-order valence-electron chi connectivity index (χ3n) is 3.12. The van der Waals surface area contributed by atoms with E-state index in [4.69, 9.17) is 17.0 Å². The van der Waals surface area contributed by atoms with E-state index in [0.29, 0.717) is 18.3 Å². The van der Waals surface area contributed by atoms with Crippen LogP contribution in [0.3, 0.4) is 0 Å². The molecule has 5 heteroatoms. The molecule has 0 fully saturated rings. The van der Waals surface area contributed by atoms with Crippen LogP contribution in [0.1, 0.15) is 11.1 Å². The second kappa shape index (κ2) is 7.75. The highest BCUT2D eigenvalue weighted by molar-refractivity contribution is 7.80. The predicted molar refractivity (Wildman–Crippen MR) is 92.0 cm³/mol. The highest BCUT2D eigenvalue weighted by Crippen LogP contribution is 2.16. The largest absolute Gasteiger partial charge is 0.489 e. The molecule has 0 spiro atoms. The van der Waals surface area contributed by atoms with Gasteiger partial charge >= 0.3 is 0 Å². The molecule has 0 aliphatic heterocycles.